The first-order chi connectivity index (χ1) is 13.9. The number of methoxy groups -OCH3 is 1. The van der Waals surface area contributed by atoms with Gasteiger partial charge in [-0.05, 0) is 30.4 Å². The van der Waals surface area contributed by atoms with Crippen molar-refractivity contribution in [2.24, 2.45) is 5.10 Å². The number of thiocarbonyl (C=S) groups is 1. The van der Waals surface area contributed by atoms with Gasteiger partial charge in [0.05, 0.1) is 38.1 Å². The van der Waals surface area contributed by atoms with E-state index in [1.807, 2.05) is 0 Å². The monoisotopic (exact) mass is 425 g/mol. The van der Waals surface area contributed by atoms with Gasteiger partial charge in [-0.15, -0.1) is 0 Å². The fourth-order valence-corrected chi connectivity index (χ4v) is 2.98. The highest BCUT2D eigenvalue weighted by atomic mass is 32.1. The molecule has 1 fully saturated rings. The Morgan fingerprint density at radius 2 is 2.28 bits per heavy atom. The van der Waals surface area contributed by atoms with Crippen molar-refractivity contribution in [2.45, 2.75) is 6.10 Å². The second-order valence-electron chi connectivity index (χ2n) is 6.22. The number of carbonyl (C=O) groups excluding carboxylic acids is 2. The van der Waals surface area contributed by atoms with Crippen molar-refractivity contribution < 1.29 is 28.6 Å². The molecule has 0 bridgehead atoms. The number of halogens is 1. The molecule has 0 aromatic heterocycles. The minimum atomic E-state index is -0.639. The van der Waals surface area contributed by atoms with Gasteiger partial charge in [-0.1, -0.05) is 0 Å². The molecule has 10 nitrogen and oxygen atoms in total. The van der Waals surface area contributed by atoms with Crippen LogP contribution in [0.25, 0.3) is 0 Å². The highest BCUT2D eigenvalue weighted by Crippen LogP contribution is 2.28. The number of rotatable bonds is 5. The van der Waals surface area contributed by atoms with E-state index in [1.54, 1.807) is 11.0 Å². The van der Waals surface area contributed by atoms with Crippen LogP contribution in [0.4, 0.5) is 20.6 Å². The average molecular weight is 425 g/mol. The fraction of sp³-hybridized carbons (Fsp3) is 0.412. The van der Waals surface area contributed by atoms with E-state index in [1.165, 1.54) is 30.5 Å². The summed E-state index contributed by atoms with van der Waals surface area (Å²) in [5, 5.41) is 16.9. The van der Waals surface area contributed by atoms with E-state index in [0.29, 0.717) is 12.2 Å². The summed E-state index contributed by atoms with van der Waals surface area (Å²) in [4.78, 5) is 26.4. The molecule has 0 spiro atoms. The molecule has 2 aliphatic heterocycles. The highest BCUT2D eigenvalue weighted by molar-refractivity contribution is 7.80. The molecule has 1 atom stereocenters. The van der Waals surface area contributed by atoms with Crippen LogP contribution in [0.15, 0.2) is 23.3 Å². The lowest BCUT2D eigenvalue weighted by Crippen LogP contribution is -2.42. The molecule has 12 heteroatoms. The number of aliphatic hydroxyl groups excluding tert-OH is 1. The molecular formula is C17H20FN5O5S. The van der Waals surface area contributed by atoms with E-state index in [4.69, 9.17) is 26.8 Å². The number of hydrogen-bond acceptors (Lipinski definition) is 8. The molecule has 1 saturated heterocycles. The lowest BCUT2D eigenvalue weighted by Gasteiger charge is -2.28. The summed E-state index contributed by atoms with van der Waals surface area (Å²) < 4.78 is 24.8. The molecule has 3 rings (SSSR count). The summed E-state index contributed by atoms with van der Waals surface area (Å²) in [5.41, 5.74) is 0.615. The van der Waals surface area contributed by atoms with Crippen molar-refractivity contribution in [3.8, 4) is 0 Å². The van der Waals surface area contributed by atoms with Crippen molar-refractivity contribution in [1.82, 2.24) is 10.3 Å². The minimum Gasteiger partial charge on any atom is -0.474 e. The topological polar surface area (TPSA) is 107 Å². The maximum Gasteiger partial charge on any atom is 0.414 e. The normalized spacial score (nSPS) is 18.7. The van der Waals surface area contributed by atoms with Crippen molar-refractivity contribution >= 4 is 47.1 Å². The van der Waals surface area contributed by atoms with Gasteiger partial charge in [0, 0.05) is 6.54 Å². The van der Waals surface area contributed by atoms with Crippen LogP contribution in [-0.2, 0) is 14.3 Å². The Morgan fingerprint density at radius 3 is 2.90 bits per heavy atom. The predicted octanol–water partition coefficient (Wildman–Crippen LogP) is 0.256. The third-order valence-electron chi connectivity index (χ3n) is 4.39. The molecule has 0 saturated carbocycles. The lowest BCUT2D eigenvalue weighted by molar-refractivity contribution is -0.134. The first-order valence-electron chi connectivity index (χ1n) is 8.74. The standard InChI is InChI=1S/C17H20FN5O5S/c1-27-16(29)19-7-12-8-22(17(26)28-12)11-2-3-14(13(18)6-11)21-4-5-23(20-10-21)15(25)9-24/h2-3,6,10,12,24H,4-5,7-9H2,1H3,(H,19,29). The fourth-order valence-electron chi connectivity index (χ4n) is 2.90. The van der Waals surface area contributed by atoms with Gasteiger partial charge >= 0.3 is 6.09 Å². The lowest BCUT2D eigenvalue weighted by atomic mass is 10.2. The molecule has 0 aliphatic carbocycles. The number of amides is 2. The molecule has 2 aliphatic rings. The van der Waals surface area contributed by atoms with Crippen molar-refractivity contribution in [1.29, 1.82) is 0 Å². The van der Waals surface area contributed by atoms with E-state index in [-0.39, 0.29) is 30.5 Å². The Balaban J connectivity index is 1.66. The number of benzene rings is 1. The van der Waals surface area contributed by atoms with Crippen LogP contribution in [0.5, 0.6) is 0 Å². The molecule has 156 valence electrons. The number of carbonyl (C=O) groups is 2. The van der Waals surface area contributed by atoms with Crippen LogP contribution < -0.4 is 15.1 Å². The Hall–Kier alpha value is -2.99. The number of hydrogen-bond donors (Lipinski definition) is 2. The van der Waals surface area contributed by atoms with Crippen LogP contribution in [0.3, 0.4) is 0 Å². The number of nitrogens with one attached hydrogen (secondary N) is 1. The minimum absolute atomic E-state index is 0.192. The van der Waals surface area contributed by atoms with Crippen molar-refractivity contribution in [3.63, 3.8) is 0 Å². The van der Waals surface area contributed by atoms with Gasteiger partial charge in [0.15, 0.2) is 0 Å². The maximum absolute atomic E-state index is 14.7. The van der Waals surface area contributed by atoms with Crippen LogP contribution in [0.1, 0.15) is 0 Å². The molecule has 29 heavy (non-hydrogen) atoms. The van der Waals surface area contributed by atoms with Crippen molar-refractivity contribution in [2.75, 3.05) is 49.7 Å². The van der Waals surface area contributed by atoms with Gasteiger partial charge in [-0.25, -0.2) is 14.2 Å². The Kier molecular flexibility index (Phi) is 6.44. The molecular weight excluding hydrogens is 405 g/mol. The van der Waals surface area contributed by atoms with Crippen LogP contribution in [-0.4, -0.2) is 79.6 Å². The summed E-state index contributed by atoms with van der Waals surface area (Å²) in [7, 11) is 1.43. The second kappa shape index (κ2) is 9.01. The zero-order chi connectivity index (χ0) is 21.0. The third kappa shape index (κ3) is 4.71. The first kappa shape index (κ1) is 20.7. The summed E-state index contributed by atoms with van der Waals surface area (Å²) >= 11 is 4.88. The zero-order valence-electron chi connectivity index (χ0n) is 15.6. The summed E-state index contributed by atoms with van der Waals surface area (Å²) in [6.07, 6.45) is 0.284. The summed E-state index contributed by atoms with van der Waals surface area (Å²) in [5.74, 6) is -1.08. The molecule has 2 heterocycles. The van der Waals surface area contributed by atoms with Gasteiger partial charge in [0.25, 0.3) is 11.1 Å². The van der Waals surface area contributed by atoms with E-state index >= 15 is 0 Å². The van der Waals surface area contributed by atoms with Gasteiger partial charge in [-0.3, -0.25) is 9.69 Å². The Labute approximate surface area is 171 Å². The van der Waals surface area contributed by atoms with E-state index < -0.39 is 30.5 Å². The van der Waals surface area contributed by atoms with Crippen LogP contribution in [0.2, 0.25) is 0 Å². The third-order valence-corrected chi connectivity index (χ3v) is 4.70. The number of anilines is 2. The van der Waals surface area contributed by atoms with Gasteiger partial charge < -0.3 is 24.8 Å². The van der Waals surface area contributed by atoms with E-state index in [2.05, 4.69) is 10.4 Å². The maximum atomic E-state index is 14.7. The van der Waals surface area contributed by atoms with Crippen LogP contribution >= 0.6 is 12.2 Å². The number of aliphatic hydroxyl groups is 1. The van der Waals surface area contributed by atoms with E-state index in [0.717, 1.165) is 5.01 Å². The average Bonchev–Trinajstić information content (AvgIpc) is 3.12. The van der Waals surface area contributed by atoms with Gasteiger partial charge in [0.1, 0.15) is 24.9 Å². The molecule has 1 aromatic rings. The Bertz CT molecular complexity index is 838. The molecule has 1 aromatic carbocycles. The summed E-state index contributed by atoms with van der Waals surface area (Å²) in [6.45, 7) is 0.404. The molecule has 2 N–H and O–H groups in total. The van der Waals surface area contributed by atoms with E-state index in [9.17, 15) is 14.0 Å². The number of hydrazone groups is 1. The number of cyclic esters (lactones) is 1. The smallest absolute Gasteiger partial charge is 0.414 e. The first-order valence-corrected chi connectivity index (χ1v) is 9.15. The summed E-state index contributed by atoms with van der Waals surface area (Å²) in [6, 6.07) is 4.37. The largest absolute Gasteiger partial charge is 0.474 e. The highest BCUT2D eigenvalue weighted by Gasteiger charge is 2.33. The van der Waals surface area contributed by atoms with Gasteiger partial charge in [-0.2, -0.15) is 5.10 Å². The van der Waals surface area contributed by atoms with Crippen LogP contribution in [0, 0.1) is 5.82 Å². The quantitative estimate of drug-likeness (QED) is 0.647. The predicted molar refractivity (Wildman–Crippen MR) is 106 cm³/mol. The number of nitrogens with zero attached hydrogens (tertiary/aromatic N) is 4. The molecule has 1 unspecified atom stereocenters. The number of ether oxygens (including phenoxy) is 2. The molecule has 0 radical (unpaired) electrons. The molecule has 2 amide bonds. The SMILES string of the molecule is COC(=S)NCC1CN(c2ccc(N3C=NN(C(=O)CO)CC3)c(F)c2)C(=O)O1. The Morgan fingerprint density at radius 1 is 1.48 bits per heavy atom. The zero-order valence-corrected chi connectivity index (χ0v) is 16.4. The second-order valence-corrected chi connectivity index (χ2v) is 6.59. The van der Waals surface area contributed by atoms with Gasteiger partial charge in [0.2, 0.25) is 0 Å². The van der Waals surface area contributed by atoms with Crippen molar-refractivity contribution in [3.05, 3.63) is 24.0 Å².